The lowest BCUT2D eigenvalue weighted by Crippen LogP contribution is -2.59. The lowest BCUT2D eigenvalue weighted by molar-refractivity contribution is -0.144. The molecule has 1 aromatic carbocycles. The van der Waals surface area contributed by atoms with Crippen LogP contribution in [0.5, 0.6) is 0 Å². The third-order valence-corrected chi connectivity index (χ3v) is 5.15. The van der Waals surface area contributed by atoms with Gasteiger partial charge in [-0.15, -0.1) is 0 Å². The van der Waals surface area contributed by atoms with Crippen LogP contribution in [0.3, 0.4) is 0 Å². The molecule has 4 unspecified atom stereocenters. The van der Waals surface area contributed by atoms with Crippen molar-refractivity contribution in [2.45, 2.75) is 64.7 Å². The monoisotopic (exact) mass is 477 g/mol. The summed E-state index contributed by atoms with van der Waals surface area (Å²) in [6, 6.07) is 4.69. The van der Waals surface area contributed by atoms with Gasteiger partial charge in [0.15, 0.2) is 0 Å². The number of rotatable bonds is 13. The van der Waals surface area contributed by atoms with E-state index in [1.54, 1.807) is 27.7 Å². The number of benzene rings is 1. The molecule has 0 aliphatic heterocycles. The molecule has 1 aromatic rings. The normalized spacial score (nSPS) is 14.6. The number of hydrogen-bond donors (Lipinski definition) is 6. The first-order chi connectivity index (χ1) is 15.8. The second kappa shape index (κ2) is 13.3. The van der Waals surface area contributed by atoms with E-state index in [9.17, 15) is 29.1 Å². The van der Waals surface area contributed by atoms with Gasteiger partial charge in [0, 0.05) is 0 Å². The summed E-state index contributed by atoms with van der Waals surface area (Å²) in [4.78, 5) is 60.7. The Morgan fingerprint density at radius 1 is 0.824 bits per heavy atom. The van der Waals surface area contributed by atoms with Crippen LogP contribution >= 0.6 is 0 Å². The molecule has 0 fully saturated rings. The van der Waals surface area contributed by atoms with Gasteiger partial charge in [-0.1, -0.05) is 58.0 Å². The van der Waals surface area contributed by atoms with Crippen molar-refractivity contribution in [3.05, 3.63) is 35.9 Å². The molecule has 0 aromatic heterocycles. The predicted octanol–water partition coefficient (Wildman–Crippen LogP) is -0.717. The van der Waals surface area contributed by atoms with E-state index in [0.717, 1.165) is 5.56 Å². The molecular formula is C23H35N5O6. The molecule has 0 aliphatic carbocycles. The molecule has 0 saturated heterocycles. The fraction of sp³-hybridized carbons (Fsp3) is 0.522. The maximum absolute atomic E-state index is 13.0. The highest BCUT2D eigenvalue weighted by Gasteiger charge is 2.33. The van der Waals surface area contributed by atoms with Crippen molar-refractivity contribution in [2.75, 3.05) is 0 Å². The minimum Gasteiger partial charge on any atom is -0.480 e. The van der Waals surface area contributed by atoms with Gasteiger partial charge in [0.05, 0.1) is 12.5 Å². The van der Waals surface area contributed by atoms with E-state index in [1.165, 1.54) is 0 Å². The molecule has 0 radical (unpaired) electrons. The van der Waals surface area contributed by atoms with Crippen LogP contribution in [0.2, 0.25) is 0 Å². The van der Waals surface area contributed by atoms with Crippen molar-refractivity contribution in [1.29, 1.82) is 0 Å². The first-order valence-corrected chi connectivity index (χ1v) is 11.0. The topological polar surface area (TPSA) is 194 Å². The summed E-state index contributed by atoms with van der Waals surface area (Å²) in [5.74, 6) is -5.00. The summed E-state index contributed by atoms with van der Waals surface area (Å²) in [5.41, 5.74) is 11.9. The Morgan fingerprint density at radius 3 is 1.74 bits per heavy atom. The van der Waals surface area contributed by atoms with Crippen molar-refractivity contribution < 1.29 is 29.1 Å². The van der Waals surface area contributed by atoms with Gasteiger partial charge >= 0.3 is 5.97 Å². The minimum atomic E-state index is -1.53. The molecule has 0 aliphatic rings. The molecule has 34 heavy (non-hydrogen) atoms. The number of primary amides is 1. The van der Waals surface area contributed by atoms with Crippen LogP contribution in [0, 0.1) is 11.8 Å². The molecule has 188 valence electrons. The van der Waals surface area contributed by atoms with E-state index in [1.807, 2.05) is 30.3 Å². The number of nitrogens with one attached hydrogen (secondary N) is 3. The largest absolute Gasteiger partial charge is 0.480 e. The molecule has 11 nitrogen and oxygen atoms in total. The Kier molecular flexibility index (Phi) is 11.2. The zero-order chi connectivity index (χ0) is 26.0. The van der Waals surface area contributed by atoms with Gasteiger partial charge in [-0.3, -0.25) is 19.2 Å². The van der Waals surface area contributed by atoms with Crippen molar-refractivity contribution >= 4 is 29.6 Å². The number of carbonyl (C=O) groups is 5. The molecular weight excluding hydrogens is 442 g/mol. The molecule has 8 N–H and O–H groups in total. The SMILES string of the molecule is CC(C)C(NC(=O)C(N)Cc1ccccc1)C(=O)NC(C(=O)NC(CC(N)=O)C(=O)O)C(C)C. The Morgan fingerprint density at radius 2 is 1.29 bits per heavy atom. The van der Waals surface area contributed by atoms with E-state index in [4.69, 9.17) is 11.5 Å². The highest BCUT2D eigenvalue weighted by Crippen LogP contribution is 2.09. The average molecular weight is 478 g/mol. The molecule has 0 spiro atoms. The maximum Gasteiger partial charge on any atom is 0.326 e. The van der Waals surface area contributed by atoms with Crippen molar-refractivity contribution in [1.82, 2.24) is 16.0 Å². The Balaban J connectivity index is 2.89. The number of nitrogens with two attached hydrogens (primary N) is 2. The van der Waals surface area contributed by atoms with Crippen LogP contribution in [-0.4, -0.2) is 58.9 Å². The third-order valence-electron chi connectivity index (χ3n) is 5.15. The smallest absolute Gasteiger partial charge is 0.326 e. The van der Waals surface area contributed by atoms with Gasteiger partial charge in [0.1, 0.15) is 18.1 Å². The van der Waals surface area contributed by atoms with Gasteiger partial charge in [0.25, 0.3) is 0 Å². The summed E-state index contributed by atoms with van der Waals surface area (Å²) in [7, 11) is 0. The first-order valence-electron chi connectivity index (χ1n) is 11.0. The predicted molar refractivity (Wildman–Crippen MR) is 125 cm³/mol. The van der Waals surface area contributed by atoms with Crippen LogP contribution in [-0.2, 0) is 30.4 Å². The van der Waals surface area contributed by atoms with Gasteiger partial charge < -0.3 is 32.5 Å². The zero-order valence-corrected chi connectivity index (χ0v) is 19.9. The van der Waals surface area contributed by atoms with Crippen molar-refractivity contribution in [2.24, 2.45) is 23.3 Å². The molecule has 0 heterocycles. The lowest BCUT2D eigenvalue weighted by Gasteiger charge is -2.28. The van der Waals surface area contributed by atoms with Crippen molar-refractivity contribution in [3.8, 4) is 0 Å². The lowest BCUT2D eigenvalue weighted by atomic mass is 9.98. The molecule has 0 saturated carbocycles. The van der Waals surface area contributed by atoms with Gasteiger partial charge in [-0.2, -0.15) is 0 Å². The third kappa shape index (κ3) is 9.18. The van der Waals surface area contributed by atoms with Crippen LogP contribution in [0.4, 0.5) is 0 Å². The molecule has 11 heteroatoms. The summed E-state index contributed by atoms with van der Waals surface area (Å²) in [6.07, 6.45) is -0.309. The fourth-order valence-electron chi connectivity index (χ4n) is 3.20. The quantitative estimate of drug-likeness (QED) is 0.216. The van der Waals surface area contributed by atoms with Crippen LogP contribution < -0.4 is 27.4 Å². The second-order valence-electron chi connectivity index (χ2n) is 8.83. The Hall–Kier alpha value is -3.47. The summed E-state index contributed by atoms with van der Waals surface area (Å²) in [6.45, 7) is 6.77. The van der Waals surface area contributed by atoms with Crippen LogP contribution in [0.25, 0.3) is 0 Å². The summed E-state index contributed by atoms with van der Waals surface area (Å²) < 4.78 is 0. The number of carboxylic acid groups (broad SMARTS) is 1. The maximum atomic E-state index is 13.0. The molecule has 4 atom stereocenters. The van der Waals surface area contributed by atoms with Gasteiger partial charge in [-0.25, -0.2) is 4.79 Å². The van der Waals surface area contributed by atoms with Crippen LogP contribution in [0.15, 0.2) is 30.3 Å². The summed E-state index contributed by atoms with van der Waals surface area (Å²) >= 11 is 0. The highest BCUT2D eigenvalue weighted by molar-refractivity contribution is 5.95. The summed E-state index contributed by atoms with van der Waals surface area (Å²) in [5, 5.41) is 16.7. The number of amides is 4. The van der Waals surface area contributed by atoms with E-state index in [0.29, 0.717) is 0 Å². The van der Waals surface area contributed by atoms with E-state index >= 15 is 0 Å². The zero-order valence-electron chi connectivity index (χ0n) is 19.9. The average Bonchev–Trinajstić information content (AvgIpc) is 2.74. The minimum absolute atomic E-state index is 0.284. The first kappa shape index (κ1) is 28.6. The Labute approximate surface area is 199 Å². The van der Waals surface area contributed by atoms with E-state index in [-0.39, 0.29) is 12.3 Å². The Bertz CT molecular complexity index is 874. The van der Waals surface area contributed by atoms with Crippen molar-refractivity contribution in [3.63, 3.8) is 0 Å². The fourth-order valence-corrected chi connectivity index (χ4v) is 3.20. The number of carboxylic acids is 1. The number of carbonyl (C=O) groups excluding carboxylic acids is 4. The van der Waals surface area contributed by atoms with E-state index in [2.05, 4.69) is 16.0 Å². The van der Waals surface area contributed by atoms with E-state index < -0.39 is 66.1 Å². The molecule has 1 rings (SSSR count). The second-order valence-corrected chi connectivity index (χ2v) is 8.83. The number of hydrogen-bond acceptors (Lipinski definition) is 6. The van der Waals surface area contributed by atoms with Gasteiger partial charge in [-0.05, 0) is 23.8 Å². The molecule has 0 bridgehead atoms. The highest BCUT2D eigenvalue weighted by atomic mass is 16.4. The number of aliphatic carboxylic acids is 1. The van der Waals surface area contributed by atoms with Gasteiger partial charge in [0.2, 0.25) is 23.6 Å². The standard InChI is InChI=1S/C23H35N5O6/c1-12(2)18(21(31)26-16(23(33)34)11-17(25)29)28-22(32)19(13(3)4)27-20(30)15(24)10-14-8-6-5-7-9-14/h5-9,12-13,15-16,18-19H,10-11,24H2,1-4H3,(H2,25,29)(H,26,31)(H,27,30)(H,28,32)(H,33,34). The van der Waals surface area contributed by atoms with Crippen LogP contribution in [0.1, 0.15) is 39.7 Å². The molecule has 4 amide bonds.